The third-order valence-electron chi connectivity index (χ3n) is 2.80. The average Bonchev–Trinajstić information content (AvgIpc) is 2.13. The minimum atomic E-state index is -4.12. The van der Waals surface area contributed by atoms with Crippen LogP contribution in [0.3, 0.4) is 0 Å². The summed E-state index contributed by atoms with van der Waals surface area (Å²) in [4.78, 5) is 1.40. The first-order valence-electron chi connectivity index (χ1n) is 4.31. The monoisotopic (exact) mass is 196 g/mol. The molecule has 0 bridgehead atoms. The molecule has 1 heterocycles. The predicted octanol–water partition coefficient (Wildman–Crippen LogP) is 1.36. The first-order valence-corrected chi connectivity index (χ1v) is 4.31. The molecule has 0 aliphatic carbocycles. The summed E-state index contributed by atoms with van der Waals surface area (Å²) in [6.07, 6.45) is -3.48. The van der Waals surface area contributed by atoms with Crippen LogP contribution in [0.1, 0.15) is 20.3 Å². The SMILES string of the molecule is CC1(C)C(N)CCN1CC(F)(F)F. The molecule has 1 rings (SSSR count). The molecule has 0 spiro atoms. The Balaban J connectivity index is 2.63. The molecule has 2 N–H and O–H groups in total. The van der Waals surface area contributed by atoms with Gasteiger partial charge in [-0.1, -0.05) is 0 Å². The van der Waals surface area contributed by atoms with E-state index in [0.29, 0.717) is 13.0 Å². The molecule has 2 nitrogen and oxygen atoms in total. The number of rotatable bonds is 1. The van der Waals surface area contributed by atoms with E-state index in [-0.39, 0.29) is 6.04 Å². The van der Waals surface area contributed by atoms with Gasteiger partial charge in [0.15, 0.2) is 0 Å². The molecule has 0 aromatic rings. The highest BCUT2D eigenvalue weighted by atomic mass is 19.4. The van der Waals surface area contributed by atoms with Crippen LogP contribution >= 0.6 is 0 Å². The van der Waals surface area contributed by atoms with E-state index >= 15 is 0 Å². The average molecular weight is 196 g/mol. The quantitative estimate of drug-likeness (QED) is 0.686. The zero-order valence-electron chi connectivity index (χ0n) is 7.86. The van der Waals surface area contributed by atoms with Gasteiger partial charge in [0, 0.05) is 18.1 Å². The van der Waals surface area contributed by atoms with E-state index in [9.17, 15) is 13.2 Å². The predicted molar refractivity (Wildman–Crippen MR) is 44.3 cm³/mol. The Kier molecular flexibility index (Phi) is 2.60. The van der Waals surface area contributed by atoms with E-state index in [2.05, 4.69) is 0 Å². The first-order chi connectivity index (χ1) is 5.73. The van der Waals surface area contributed by atoms with Crippen molar-refractivity contribution in [3.63, 3.8) is 0 Å². The summed E-state index contributed by atoms with van der Waals surface area (Å²) in [7, 11) is 0. The minimum Gasteiger partial charge on any atom is -0.326 e. The fraction of sp³-hybridized carbons (Fsp3) is 1.00. The molecule has 1 saturated heterocycles. The van der Waals surface area contributed by atoms with Crippen LogP contribution in [0.4, 0.5) is 13.2 Å². The second kappa shape index (κ2) is 3.13. The summed E-state index contributed by atoms with van der Waals surface area (Å²) < 4.78 is 36.3. The Morgan fingerprint density at radius 3 is 2.31 bits per heavy atom. The van der Waals surface area contributed by atoms with Gasteiger partial charge in [0.2, 0.25) is 0 Å². The maximum Gasteiger partial charge on any atom is 0.401 e. The molecule has 78 valence electrons. The van der Waals surface area contributed by atoms with Gasteiger partial charge in [0.1, 0.15) is 0 Å². The molecule has 1 aliphatic rings. The number of hydrogen-bond acceptors (Lipinski definition) is 2. The van der Waals surface area contributed by atoms with Crippen molar-refractivity contribution < 1.29 is 13.2 Å². The first kappa shape index (κ1) is 10.8. The fourth-order valence-corrected chi connectivity index (χ4v) is 1.67. The lowest BCUT2D eigenvalue weighted by molar-refractivity contribution is -0.153. The fourth-order valence-electron chi connectivity index (χ4n) is 1.67. The molecule has 1 fully saturated rings. The Morgan fingerprint density at radius 2 is 2.00 bits per heavy atom. The van der Waals surface area contributed by atoms with Crippen LogP contribution in [-0.4, -0.2) is 35.7 Å². The van der Waals surface area contributed by atoms with Gasteiger partial charge in [-0.05, 0) is 20.3 Å². The molecular weight excluding hydrogens is 181 g/mol. The lowest BCUT2D eigenvalue weighted by atomic mass is 9.97. The second-order valence-electron chi connectivity index (χ2n) is 4.09. The Bertz CT molecular complexity index is 188. The van der Waals surface area contributed by atoms with Crippen molar-refractivity contribution in [3.8, 4) is 0 Å². The highest BCUT2D eigenvalue weighted by molar-refractivity contribution is 4.98. The molecule has 0 radical (unpaired) electrons. The number of likely N-dealkylation sites (tertiary alicyclic amines) is 1. The lowest BCUT2D eigenvalue weighted by Gasteiger charge is -2.34. The molecule has 1 aliphatic heterocycles. The van der Waals surface area contributed by atoms with Crippen LogP contribution in [0.5, 0.6) is 0 Å². The standard InChI is InChI=1S/C8H15F3N2/c1-7(2)6(12)3-4-13(7)5-8(9,10)11/h6H,3-5,12H2,1-2H3. The van der Waals surface area contributed by atoms with Crippen molar-refractivity contribution in [1.82, 2.24) is 4.90 Å². The van der Waals surface area contributed by atoms with Gasteiger partial charge in [-0.3, -0.25) is 4.90 Å². The van der Waals surface area contributed by atoms with Crippen molar-refractivity contribution in [3.05, 3.63) is 0 Å². The van der Waals surface area contributed by atoms with E-state index in [1.54, 1.807) is 13.8 Å². The molecule has 0 saturated carbocycles. The number of halogens is 3. The Hall–Kier alpha value is -0.290. The molecule has 5 heteroatoms. The van der Waals surface area contributed by atoms with Crippen LogP contribution in [0.25, 0.3) is 0 Å². The largest absolute Gasteiger partial charge is 0.401 e. The smallest absolute Gasteiger partial charge is 0.326 e. The molecule has 0 aromatic carbocycles. The van der Waals surface area contributed by atoms with Crippen molar-refractivity contribution in [2.24, 2.45) is 5.73 Å². The van der Waals surface area contributed by atoms with E-state index < -0.39 is 18.3 Å². The van der Waals surface area contributed by atoms with Crippen LogP contribution < -0.4 is 5.73 Å². The minimum absolute atomic E-state index is 0.158. The van der Waals surface area contributed by atoms with Crippen molar-refractivity contribution in [2.75, 3.05) is 13.1 Å². The van der Waals surface area contributed by atoms with Crippen molar-refractivity contribution >= 4 is 0 Å². The van der Waals surface area contributed by atoms with Gasteiger partial charge in [-0.15, -0.1) is 0 Å². The van der Waals surface area contributed by atoms with Crippen molar-refractivity contribution in [1.29, 1.82) is 0 Å². The summed E-state index contributed by atoms with van der Waals surface area (Å²) in [5.41, 5.74) is 5.18. The van der Waals surface area contributed by atoms with Gasteiger partial charge in [-0.2, -0.15) is 13.2 Å². The molecule has 0 aromatic heterocycles. The zero-order valence-corrected chi connectivity index (χ0v) is 7.86. The highest BCUT2D eigenvalue weighted by Crippen LogP contribution is 2.30. The summed E-state index contributed by atoms with van der Waals surface area (Å²) >= 11 is 0. The van der Waals surface area contributed by atoms with Gasteiger partial charge in [-0.25, -0.2) is 0 Å². The van der Waals surface area contributed by atoms with Gasteiger partial charge >= 0.3 is 6.18 Å². The summed E-state index contributed by atoms with van der Waals surface area (Å²) in [6, 6.07) is -0.158. The number of hydrogen-bond donors (Lipinski definition) is 1. The number of alkyl halides is 3. The lowest BCUT2D eigenvalue weighted by Crippen LogP contribution is -2.51. The zero-order chi connectivity index (χ0) is 10.3. The third kappa shape index (κ3) is 2.34. The summed E-state index contributed by atoms with van der Waals surface area (Å²) in [6.45, 7) is 3.11. The molecule has 13 heavy (non-hydrogen) atoms. The highest BCUT2D eigenvalue weighted by Gasteiger charge is 2.44. The third-order valence-corrected chi connectivity index (χ3v) is 2.80. The van der Waals surface area contributed by atoms with Crippen LogP contribution in [0.2, 0.25) is 0 Å². The Morgan fingerprint density at radius 1 is 1.46 bits per heavy atom. The number of nitrogens with two attached hydrogens (primary N) is 1. The number of nitrogens with zero attached hydrogens (tertiary/aromatic N) is 1. The Labute approximate surface area is 75.9 Å². The van der Waals surface area contributed by atoms with E-state index in [1.807, 2.05) is 0 Å². The van der Waals surface area contributed by atoms with E-state index in [0.717, 1.165) is 0 Å². The van der Waals surface area contributed by atoms with Crippen LogP contribution in [0.15, 0.2) is 0 Å². The maximum absolute atomic E-state index is 12.1. The molecule has 1 atom stereocenters. The van der Waals surface area contributed by atoms with E-state index in [4.69, 9.17) is 5.73 Å². The second-order valence-corrected chi connectivity index (χ2v) is 4.09. The van der Waals surface area contributed by atoms with Gasteiger partial charge in [0.25, 0.3) is 0 Å². The van der Waals surface area contributed by atoms with Gasteiger partial charge < -0.3 is 5.73 Å². The summed E-state index contributed by atoms with van der Waals surface area (Å²) in [5.74, 6) is 0. The van der Waals surface area contributed by atoms with Gasteiger partial charge in [0.05, 0.1) is 6.54 Å². The molecule has 1 unspecified atom stereocenters. The van der Waals surface area contributed by atoms with E-state index in [1.165, 1.54) is 4.90 Å². The molecule has 0 amide bonds. The molecular formula is C8H15F3N2. The van der Waals surface area contributed by atoms with Crippen LogP contribution in [0, 0.1) is 0 Å². The topological polar surface area (TPSA) is 29.3 Å². The summed E-state index contributed by atoms with van der Waals surface area (Å²) in [5, 5.41) is 0. The van der Waals surface area contributed by atoms with Crippen LogP contribution in [-0.2, 0) is 0 Å². The maximum atomic E-state index is 12.1. The normalized spacial score (nSPS) is 29.5. The van der Waals surface area contributed by atoms with Crippen molar-refractivity contribution in [2.45, 2.75) is 38.0 Å².